The summed E-state index contributed by atoms with van der Waals surface area (Å²) in [5.41, 5.74) is 5.65. The number of anilines is 2. The standard InChI is InChI=1S/C18H29N3O3/c1-3-9-21(10-4-2)15-14(16(22)17(15)23)20-11-12-5-7-13(8-6-12)18(19)24/h12-13,20H,3-11H2,1-2H3,(H2,19,24). The number of hydrogen-bond donors (Lipinski definition) is 2. The molecule has 1 aliphatic carbocycles. The fraction of sp³-hybridized carbons (Fsp3) is 0.722. The molecule has 24 heavy (non-hydrogen) atoms. The van der Waals surface area contributed by atoms with Crippen molar-refractivity contribution in [3.05, 3.63) is 20.4 Å². The van der Waals surface area contributed by atoms with Gasteiger partial charge < -0.3 is 16.0 Å². The van der Waals surface area contributed by atoms with E-state index >= 15 is 0 Å². The molecule has 0 aliphatic heterocycles. The van der Waals surface area contributed by atoms with Gasteiger partial charge in [-0.05, 0) is 44.4 Å². The van der Waals surface area contributed by atoms with E-state index in [1.165, 1.54) is 0 Å². The molecule has 0 heterocycles. The van der Waals surface area contributed by atoms with Gasteiger partial charge >= 0.3 is 0 Å². The van der Waals surface area contributed by atoms with Crippen LogP contribution in [0.15, 0.2) is 9.59 Å². The molecule has 0 saturated heterocycles. The van der Waals surface area contributed by atoms with Crippen LogP contribution in [0.4, 0.5) is 11.4 Å². The van der Waals surface area contributed by atoms with Crippen molar-refractivity contribution in [2.24, 2.45) is 17.6 Å². The van der Waals surface area contributed by atoms with Gasteiger partial charge in [0.2, 0.25) is 5.91 Å². The zero-order valence-corrected chi connectivity index (χ0v) is 14.8. The smallest absolute Gasteiger partial charge is 0.253 e. The zero-order chi connectivity index (χ0) is 17.7. The van der Waals surface area contributed by atoms with E-state index in [0.29, 0.717) is 23.8 Å². The molecule has 0 bridgehead atoms. The van der Waals surface area contributed by atoms with Crippen molar-refractivity contribution in [2.75, 3.05) is 29.9 Å². The lowest BCUT2D eigenvalue weighted by atomic mass is 9.81. The predicted octanol–water partition coefficient (Wildman–Crippen LogP) is 1.61. The van der Waals surface area contributed by atoms with Gasteiger partial charge in [0.05, 0.1) is 0 Å². The van der Waals surface area contributed by atoms with Crippen molar-refractivity contribution in [1.29, 1.82) is 0 Å². The molecule has 2 rings (SSSR count). The summed E-state index contributed by atoms with van der Waals surface area (Å²) in [5.74, 6) is 0.206. The molecule has 134 valence electrons. The highest BCUT2D eigenvalue weighted by atomic mass is 16.2. The highest BCUT2D eigenvalue weighted by molar-refractivity contribution is 5.76. The van der Waals surface area contributed by atoms with E-state index in [1.54, 1.807) is 0 Å². The average molecular weight is 335 g/mol. The molecule has 0 aromatic heterocycles. The fourth-order valence-corrected chi connectivity index (χ4v) is 3.62. The molecule has 0 atom stereocenters. The fourth-order valence-electron chi connectivity index (χ4n) is 3.62. The highest BCUT2D eigenvalue weighted by Gasteiger charge is 2.28. The first-order valence-electron chi connectivity index (χ1n) is 9.10. The minimum atomic E-state index is -0.395. The second kappa shape index (κ2) is 8.31. The molecular weight excluding hydrogens is 306 g/mol. The van der Waals surface area contributed by atoms with Gasteiger partial charge in [-0.2, -0.15) is 0 Å². The Morgan fingerprint density at radius 1 is 1.08 bits per heavy atom. The van der Waals surface area contributed by atoms with Gasteiger partial charge in [0, 0.05) is 25.6 Å². The molecule has 0 spiro atoms. The number of rotatable bonds is 9. The third kappa shape index (κ3) is 3.97. The summed E-state index contributed by atoms with van der Waals surface area (Å²) in [6, 6.07) is 0. The Kier molecular flexibility index (Phi) is 6.40. The molecule has 3 N–H and O–H groups in total. The van der Waals surface area contributed by atoms with Crippen LogP contribution in [0, 0.1) is 11.8 Å². The Bertz CT molecular complexity index is 620. The van der Waals surface area contributed by atoms with E-state index in [2.05, 4.69) is 19.2 Å². The van der Waals surface area contributed by atoms with E-state index in [0.717, 1.165) is 51.6 Å². The largest absolute Gasteiger partial charge is 0.380 e. The lowest BCUT2D eigenvalue weighted by Crippen LogP contribution is -2.44. The Hall–Kier alpha value is -1.85. The molecule has 1 aromatic rings. The van der Waals surface area contributed by atoms with Crippen LogP contribution in [0.5, 0.6) is 0 Å². The van der Waals surface area contributed by atoms with Crippen LogP contribution in [0.2, 0.25) is 0 Å². The molecule has 6 nitrogen and oxygen atoms in total. The van der Waals surface area contributed by atoms with Gasteiger partial charge in [-0.15, -0.1) is 0 Å². The van der Waals surface area contributed by atoms with Crippen LogP contribution < -0.4 is 26.8 Å². The van der Waals surface area contributed by atoms with Crippen molar-refractivity contribution in [2.45, 2.75) is 52.4 Å². The van der Waals surface area contributed by atoms with Crippen molar-refractivity contribution >= 4 is 17.3 Å². The summed E-state index contributed by atoms with van der Waals surface area (Å²) >= 11 is 0. The number of carbonyl (C=O) groups excluding carboxylic acids is 1. The van der Waals surface area contributed by atoms with Crippen LogP contribution >= 0.6 is 0 Å². The van der Waals surface area contributed by atoms with E-state index in [-0.39, 0.29) is 17.3 Å². The van der Waals surface area contributed by atoms with Crippen LogP contribution in [0.1, 0.15) is 52.4 Å². The second-order valence-corrected chi connectivity index (χ2v) is 6.87. The number of nitrogens with zero attached hydrogens (tertiary/aromatic N) is 1. The number of hydrogen-bond acceptors (Lipinski definition) is 5. The van der Waals surface area contributed by atoms with Crippen LogP contribution in [0.25, 0.3) is 0 Å². The molecule has 6 heteroatoms. The van der Waals surface area contributed by atoms with Crippen LogP contribution in [-0.4, -0.2) is 25.5 Å². The number of amides is 1. The van der Waals surface area contributed by atoms with E-state index < -0.39 is 5.43 Å². The van der Waals surface area contributed by atoms with E-state index in [4.69, 9.17) is 5.73 Å². The minimum absolute atomic E-state index is 0.00691. The topological polar surface area (TPSA) is 92.5 Å². The monoisotopic (exact) mass is 335 g/mol. The maximum absolute atomic E-state index is 12.0. The lowest BCUT2D eigenvalue weighted by molar-refractivity contribution is -0.122. The summed E-state index contributed by atoms with van der Waals surface area (Å²) in [6.45, 7) is 6.39. The van der Waals surface area contributed by atoms with Crippen LogP contribution in [-0.2, 0) is 4.79 Å². The van der Waals surface area contributed by atoms with Gasteiger partial charge in [0.1, 0.15) is 11.4 Å². The summed E-state index contributed by atoms with van der Waals surface area (Å²) < 4.78 is 0. The first-order valence-corrected chi connectivity index (χ1v) is 9.10. The normalized spacial score (nSPS) is 20.9. The van der Waals surface area contributed by atoms with E-state index in [9.17, 15) is 14.4 Å². The molecule has 1 aromatic carbocycles. The number of primary amides is 1. The van der Waals surface area contributed by atoms with Gasteiger partial charge in [0.15, 0.2) is 0 Å². The number of nitrogens with one attached hydrogen (secondary N) is 1. The number of carbonyl (C=O) groups is 1. The Morgan fingerprint density at radius 3 is 2.17 bits per heavy atom. The lowest BCUT2D eigenvalue weighted by Gasteiger charge is -2.30. The molecule has 1 fully saturated rings. The predicted molar refractivity (Wildman–Crippen MR) is 97.3 cm³/mol. The Labute approximate surface area is 143 Å². The SMILES string of the molecule is CCCN(CCC)c1c(NCC2CCC(C(N)=O)CC2)c(=O)c1=O. The average Bonchev–Trinajstić information content (AvgIpc) is 2.58. The van der Waals surface area contributed by atoms with Crippen LogP contribution in [0.3, 0.4) is 0 Å². The van der Waals surface area contributed by atoms with Gasteiger partial charge in [-0.25, -0.2) is 0 Å². The maximum Gasteiger partial charge on any atom is 0.253 e. The van der Waals surface area contributed by atoms with Crippen molar-refractivity contribution < 1.29 is 4.79 Å². The van der Waals surface area contributed by atoms with E-state index in [1.807, 2.05) is 4.90 Å². The summed E-state index contributed by atoms with van der Waals surface area (Å²) in [6.07, 6.45) is 5.37. The van der Waals surface area contributed by atoms with Crippen molar-refractivity contribution in [1.82, 2.24) is 0 Å². The molecular formula is C18H29N3O3. The summed E-state index contributed by atoms with van der Waals surface area (Å²) in [5, 5.41) is 3.21. The molecule has 0 radical (unpaired) electrons. The molecule has 1 saturated carbocycles. The molecule has 1 aliphatic rings. The molecule has 1 amide bonds. The minimum Gasteiger partial charge on any atom is -0.380 e. The first kappa shape index (κ1) is 18.5. The third-order valence-electron chi connectivity index (χ3n) is 5.01. The van der Waals surface area contributed by atoms with Crippen molar-refractivity contribution in [3.63, 3.8) is 0 Å². The Morgan fingerprint density at radius 2 is 1.67 bits per heavy atom. The third-order valence-corrected chi connectivity index (χ3v) is 5.01. The molecule has 0 unspecified atom stereocenters. The first-order chi connectivity index (χ1) is 11.5. The quantitative estimate of drug-likeness (QED) is 0.669. The summed E-state index contributed by atoms with van der Waals surface area (Å²) in [4.78, 5) is 37.2. The maximum atomic E-state index is 12.0. The Balaban J connectivity index is 1.96. The summed E-state index contributed by atoms with van der Waals surface area (Å²) in [7, 11) is 0. The van der Waals surface area contributed by atoms with Gasteiger partial charge in [-0.3, -0.25) is 14.4 Å². The van der Waals surface area contributed by atoms with Crippen molar-refractivity contribution in [3.8, 4) is 0 Å². The zero-order valence-electron chi connectivity index (χ0n) is 14.8. The highest BCUT2D eigenvalue weighted by Crippen LogP contribution is 2.29. The van der Waals surface area contributed by atoms with Gasteiger partial charge in [-0.1, -0.05) is 13.8 Å². The number of nitrogens with two attached hydrogens (primary N) is 1. The van der Waals surface area contributed by atoms with Gasteiger partial charge in [0.25, 0.3) is 10.9 Å². The second-order valence-electron chi connectivity index (χ2n) is 6.87.